The average Bonchev–Trinajstić information content (AvgIpc) is 3.06. The van der Waals surface area contributed by atoms with Gasteiger partial charge in [0.1, 0.15) is 5.69 Å². The van der Waals surface area contributed by atoms with Crippen LogP contribution in [0.15, 0.2) is 30.5 Å². The monoisotopic (exact) mass is 294 g/mol. The van der Waals surface area contributed by atoms with Crippen LogP contribution in [0.3, 0.4) is 0 Å². The molecule has 9 heteroatoms. The Balaban J connectivity index is 2.16. The fourth-order valence-electron chi connectivity index (χ4n) is 2.01. The molecule has 0 fully saturated rings. The molecule has 0 saturated carbocycles. The number of nitrogens with one attached hydrogen (secondary N) is 2. The van der Waals surface area contributed by atoms with Crippen LogP contribution in [-0.2, 0) is 6.18 Å². The molecule has 1 aromatic carbocycles. The summed E-state index contributed by atoms with van der Waals surface area (Å²) in [5.74, 6) is 0.0901. The summed E-state index contributed by atoms with van der Waals surface area (Å²) in [6.45, 7) is 0. The Bertz CT molecular complexity index is 760. The Kier molecular flexibility index (Phi) is 2.89. The van der Waals surface area contributed by atoms with Gasteiger partial charge in [0.2, 0.25) is 0 Å². The second-order valence-electron chi connectivity index (χ2n) is 4.29. The average molecular weight is 294 g/mol. The van der Waals surface area contributed by atoms with Crippen molar-refractivity contribution in [1.82, 2.24) is 25.6 Å². The zero-order valence-electron chi connectivity index (χ0n) is 10.4. The molecule has 108 valence electrons. The zero-order chi connectivity index (χ0) is 15.0. The molecule has 6 nitrogen and oxygen atoms in total. The van der Waals surface area contributed by atoms with E-state index < -0.39 is 11.7 Å². The van der Waals surface area contributed by atoms with Crippen molar-refractivity contribution in [2.45, 2.75) is 6.18 Å². The van der Waals surface area contributed by atoms with Crippen LogP contribution in [0.4, 0.5) is 19.0 Å². The first-order valence-electron chi connectivity index (χ1n) is 5.84. The number of halogens is 3. The number of hydrogen-bond acceptors (Lipinski definition) is 4. The summed E-state index contributed by atoms with van der Waals surface area (Å²) in [4.78, 5) is 0. The van der Waals surface area contributed by atoms with Crippen molar-refractivity contribution in [3.05, 3.63) is 36.0 Å². The Labute approximate surface area is 116 Å². The summed E-state index contributed by atoms with van der Waals surface area (Å²) < 4.78 is 38.4. The molecule has 3 aromatic rings. The SMILES string of the molecule is Nc1n[nH]c(-c2cn[nH]n2)c1-c1cccc(C(F)(F)F)c1. The van der Waals surface area contributed by atoms with Crippen LogP contribution in [0.25, 0.3) is 22.5 Å². The predicted octanol–water partition coefficient (Wildman–Crippen LogP) is 2.46. The van der Waals surface area contributed by atoms with Gasteiger partial charge >= 0.3 is 6.18 Å². The van der Waals surface area contributed by atoms with Crippen molar-refractivity contribution >= 4 is 5.82 Å². The molecule has 0 aliphatic rings. The number of aromatic amines is 2. The molecule has 0 atom stereocenters. The van der Waals surface area contributed by atoms with E-state index in [4.69, 9.17) is 5.73 Å². The van der Waals surface area contributed by atoms with Gasteiger partial charge < -0.3 is 5.73 Å². The molecule has 0 amide bonds. The molecule has 2 aromatic heterocycles. The number of nitrogens with two attached hydrogens (primary N) is 1. The first kappa shape index (κ1) is 13.2. The molecule has 0 spiro atoms. The zero-order valence-corrected chi connectivity index (χ0v) is 10.4. The Hall–Kier alpha value is -2.84. The van der Waals surface area contributed by atoms with Crippen molar-refractivity contribution in [3.63, 3.8) is 0 Å². The van der Waals surface area contributed by atoms with Gasteiger partial charge in [0.15, 0.2) is 5.82 Å². The number of H-pyrrole nitrogens is 2. The van der Waals surface area contributed by atoms with Crippen LogP contribution in [0.1, 0.15) is 5.56 Å². The van der Waals surface area contributed by atoms with Crippen molar-refractivity contribution in [2.75, 3.05) is 5.73 Å². The maximum atomic E-state index is 12.8. The number of rotatable bonds is 2. The summed E-state index contributed by atoms with van der Waals surface area (Å²) in [6.07, 6.45) is -3.01. The van der Waals surface area contributed by atoms with Gasteiger partial charge in [-0.25, -0.2) is 0 Å². The molecule has 3 rings (SSSR count). The van der Waals surface area contributed by atoms with Gasteiger partial charge in [-0.3, -0.25) is 5.10 Å². The van der Waals surface area contributed by atoms with E-state index in [1.165, 1.54) is 18.3 Å². The maximum absolute atomic E-state index is 12.8. The number of benzene rings is 1. The molecular weight excluding hydrogens is 285 g/mol. The minimum atomic E-state index is -4.43. The third kappa shape index (κ3) is 2.33. The second kappa shape index (κ2) is 4.62. The third-order valence-electron chi connectivity index (χ3n) is 2.94. The Morgan fingerprint density at radius 2 is 1.95 bits per heavy atom. The number of nitrogens with zero attached hydrogens (tertiary/aromatic N) is 3. The van der Waals surface area contributed by atoms with E-state index in [2.05, 4.69) is 25.6 Å². The highest BCUT2D eigenvalue weighted by molar-refractivity contribution is 5.86. The standard InChI is InChI=1S/C12H9F3N6/c13-12(14,15)7-3-1-2-6(4-7)9-10(19-20-11(9)16)8-5-17-21-18-8/h1-5H,(H3,16,19,20)(H,17,18,21). The fraction of sp³-hybridized carbons (Fsp3) is 0.0833. The largest absolute Gasteiger partial charge is 0.416 e. The number of anilines is 1. The topological polar surface area (TPSA) is 96.3 Å². The van der Waals surface area contributed by atoms with Gasteiger partial charge in [0, 0.05) is 0 Å². The van der Waals surface area contributed by atoms with Crippen molar-refractivity contribution in [2.24, 2.45) is 0 Å². The van der Waals surface area contributed by atoms with Crippen LogP contribution < -0.4 is 5.73 Å². The Morgan fingerprint density at radius 1 is 1.14 bits per heavy atom. The van der Waals surface area contributed by atoms with Gasteiger partial charge in [0.05, 0.1) is 23.0 Å². The van der Waals surface area contributed by atoms with Crippen molar-refractivity contribution < 1.29 is 13.2 Å². The minimum absolute atomic E-state index is 0.0901. The number of hydrogen-bond donors (Lipinski definition) is 3. The summed E-state index contributed by atoms with van der Waals surface area (Å²) >= 11 is 0. The molecule has 4 N–H and O–H groups in total. The molecule has 0 unspecified atom stereocenters. The molecule has 0 radical (unpaired) electrons. The first-order valence-corrected chi connectivity index (χ1v) is 5.84. The smallest absolute Gasteiger partial charge is 0.382 e. The maximum Gasteiger partial charge on any atom is 0.416 e. The molecule has 0 aliphatic carbocycles. The van der Waals surface area contributed by atoms with E-state index in [0.717, 1.165) is 12.1 Å². The second-order valence-corrected chi connectivity index (χ2v) is 4.29. The summed E-state index contributed by atoms with van der Waals surface area (Å²) in [6, 6.07) is 4.86. The molecular formula is C12H9F3N6. The van der Waals surface area contributed by atoms with E-state index in [0.29, 0.717) is 22.5 Å². The lowest BCUT2D eigenvalue weighted by atomic mass is 10.0. The quantitative estimate of drug-likeness (QED) is 0.676. The number of aromatic nitrogens is 5. The van der Waals surface area contributed by atoms with Crippen molar-refractivity contribution in [3.8, 4) is 22.5 Å². The fourth-order valence-corrected chi connectivity index (χ4v) is 2.01. The van der Waals surface area contributed by atoms with E-state index >= 15 is 0 Å². The first-order chi connectivity index (χ1) is 9.97. The van der Waals surface area contributed by atoms with E-state index in [1.54, 1.807) is 0 Å². The highest BCUT2D eigenvalue weighted by atomic mass is 19.4. The van der Waals surface area contributed by atoms with Crippen LogP contribution in [0.5, 0.6) is 0 Å². The molecule has 0 saturated heterocycles. The predicted molar refractivity (Wildman–Crippen MR) is 68.8 cm³/mol. The van der Waals surface area contributed by atoms with Crippen molar-refractivity contribution in [1.29, 1.82) is 0 Å². The molecule has 21 heavy (non-hydrogen) atoms. The lowest BCUT2D eigenvalue weighted by Crippen LogP contribution is -2.04. The van der Waals surface area contributed by atoms with Crippen LogP contribution in [0, 0.1) is 0 Å². The molecule has 2 heterocycles. The van der Waals surface area contributed by atoms with Gasteiger partial charge in [0.25, 0.3) is 0 Å². The summed E-state index contributed by atoms with van der Waals surface area (Å²) in [5.41, 5.74) is 6.47. The van der Waals surface area contributed by atoms with Crippen LogP contribution in [0.2, 0.25) is 0 Å². The highest BCUT2D eigenvalue weighted by Gasteiger charge is 2.31. The van der Waals surface area contributed by atoms with Gasteiger partial charge in [-0.2, -0.15) is 33.7 Å². The molecule has 0 aliphatic heterocycles. The Morgan fingerprint density at radius 3 is 2.62 bits per heavy atom. The van der Waals surface area contributed by atoms with Crippen LogP contribution in [-0.4, -0.2) is 25.6 Å². The van der Waals surface area contributed by atoms with E-state index in [-0.39, 0.29) is 5.82 Å². The van der Waals surface area contributed by atoms with Gasteiger partial charge in [-0.1, -0.05) is 12.1 Å². The summed E-state index contributed by atoms with van der Waals surface area (Å²) in [5, 5.41) is 16.4. The van der Waals surface area contributed by atoms with Gasteiger partial charge in [-0.15, -0.1) is 0 Å². The number of alkyl halides is 3. The number of nitrogen functional groups attached to an aromatic ring is 1. The van der Waals surface area contributed by atoms with Crippen LogP contribution >= 0.6 is 0 Å². The summed E-state index contributed by atoms with van der Waals surface area (Å²) in [7, 11) is 0. The third-order valence-corrected chi connectivity index (χ3v) is 2.94. The minimum Gasteiger partial charge on any atom is -0.382 e. The van der Waals surface area contributed by atoms with Gasteiger partial charge in [-0.05, 0) is 17.7 Å². The van der Waals surface area contributed by atoms with E-state index in [1.807, 2.05) is 0 Å². The van der Waals surface area contributed by atoms with E-state index in [9.17, 15) is 13.2 Å². The lowest BCUT2D eigenvalue weighted by Gasteiger charge is -2.09. The normalized spacial score (nSPS) is 11.8. The highest BCUT2D eigenvalue weighted by Crippen LogP contribution is 2.37. The molecule has 0 bridgehead atoms. The lowest BCUT2D eigenvalue weighted by molar-refractivity contribution is -0.137.